The van der Waals surface area contributed by atoms with Crippen LogP contribution < -0.4 is 4.74 Å². The molecule has 0 spiro atoms. The largest absolute Gasteiger partial charge is 0.497 e. The minimum absolute atomic E-state index is 0.154. The van der Waals surface area contributed by atoms with Crippen molar-refractivity contribution in [2.45, 2.75) is 6.54 Å². The maximum Gasteiger partial charge on any atom is 0.268 e. The maximum absolute atomic E-state index is 10.5. The lowest BCUT2D eigenvalue weighted by Crippen LogP contribution is -2.20. The molecule has 2 rings (SSSR count). The van der Waals surface area contributed by atoms with Crippen LogP contribution in [-0.4, -0.2) is 23.5 Å². The summed E-state index contributed by atoms with van der Waals surface area (Å²) < 4.78 is 5.09. The van der Waals surface area contributed by atoms with Gasteiger partial charge in [0.05, 0.1) is 12.0 Å². The topological polar surface area (TPSA) is 55.6 Å². The summed E-state index contributed by atoms with van der Waals surface area (Å²) in [4.78, 5) is 12.2. The number of rotatable bonds is 4. The lowest BCUT2D eigenvalue weighted by Gasteiger charge is -2.20. The molecule has 0 aliphatic carbocycles. The normalized spacial score (nSPS) is 14.3. The summed E-state index contributed by atoms with van der Waals surface area (Å²) >= 11 is 0. The number of allylic oxidation sites excluding steroid dienone is 1. The second-order valence-corrected chi connectivity index (χ2v) is 3.98. The van der Waals surface area contributed by atoms with Crippen molar-refractivity contribution in [3.63, 3.8) is 0 Å². The Balaban J connectivity index is 1.96. The van der Waals surface area contributed by atoms with Crippen molar-refractivity contribution in [1.29, 1.82) is 0 Å². The summed E-state index contributed by atoms with van der Waals surface area (Å²) in [6, 6.07) is 7.78. The molecule has 5 heteroatoms. The van der Waals surface area contributed by atoms with E-state index in [0.717, 1.165) is 17.9 Å². The molecule has 0 fully saturated rings. The van der Waals surface area contributed by atoms with Gasteiger partial charge in [-0.2, -0.15) is 0 Å². The van der Waals surface area contributed by atoms with Gasteiger partial charge < -0.3 is 9.64 Å². The maximum atomic E-state index is 10.5. The number of benzene rings is 1. The SMILES string of the molecule is COc1ccc(CN2C=CC([N+](=O)[O-])=CC2)cc1. The summed E-state index contributed by atoms with van der Waals surface area (Å²) in [7, 11) is 1.63. The highest BCUT2D eigenvalue weighted by Crippen LogP contribution is 2.15. The Bertz CT molecular complexity index is 491. The van der Waals surface area contributed by atoms with E-state index in [-0.39, 0.29) is 10.6 Å². The second kappa shape index (κ2) is 5.35. The summed E-state index contributed by atoms with van der Waals surface area (Å²) in [6.45, 7) is 1.28. The molecule has 1 aliphatic rings. The number of nitrogens with zero attached hydrogens (tertiary/aromatic N) is 2. The monoisotopic (exact) mass is 246 g/mol. The van der Waals surface area contributed by atoms with E-state index in [1.165, 1.54) is 6.08 Å². The van der Waals surface area contributed by atoms with Gasteiger partial charge in [0, 0.05) is 31.4 Å². The van der Waals surface area contributed by atoms with Crippen molar-refractivity contribution in [1.82, 2.24) is 4.90 Å². The van der Waals surface area contributed by atoms with Gasteiger partial charge in [-0.3, -0.25) is 10.1 Å². The number of hydrogen-bond acceptors (Lipinski definition) is 4. The fraction of sp³-hybridized carbons (Fsp3) is 0.231. The van der Waals surface area contributed by atoms with Gasteiger partial charge in [0.25, 0.3) is 5.70 Å². The van der Waals surface area contributed by atoms with Crippen LogP contribution in [0.3, 0.4) is 0 Å². The van der Waals surface area contributed by atoms with Crippen molar-refractivity contribution in [2.75, 3.05) is 13.7 Å². The molecular formula is C13H14N2O3. The third kappa shape index (κ3) is 2.88. The van der Waals surface area contributed by atoms with E-state index in [2.05, 4.69) is 0 Å². The zero-order valence-corrected chi connectivity index (χ0v) is 10.1. The molecule has 0 radical (unpaired) electrons. The minimum Gasteiger partial charge on any atom is -0.497 e. The van der Waals surface area contributed by atoms with Crippen molar-refractivity contribution < 1.29 is 9.66 Å². The first-order valence-electron chi connectivity index (χ1n) is 5.59. The van der Waals surface area contributed by atoms with Gasteiger partial charge in [-0.05, 0) is 17.7 Å². The molecule has 0 saturated heterocycles. The van der Waals surface area contributed by atoms with Crippen LogP contribution >= 0.6 is 0 Å². The van der Waals surface area contributed by atoms with Crippen LogP contribution in [0.2, 0.25) is 0 Å². The molecule has 5 nitrogen and oxygen atoms in total. The van der Waals surface area contributed by atoms with E-state index in [1.54, 1.807) is 19.4 Å². The van der Waals surface area contributed by atoms with Crippen molar-refractivity contribution in [3.8, 4) is 5.75 Å². The quantitative estimate of drug-likeness (QED) is 0.603. The predicted molar refractivity (Wildman–Crippen MR) is 67.6 cm³/mol. The van der Waals surface area contributed by atoms with Crippen LogP contribution in [0.25, 0.3) is 0 Å². The van der Waals surface area contributed by atoms with Crippen LogP contribution in [0.15, 0.2) is 48.3 Å². The first-order chi connectivity index (χ1) is 8.69. The Morgan fingerprint density at radius 3 is 2.61 bits per heavy atom. The standard InChI is InChI=1S/C13H14N2O3/c1-18-13-4-2-11(3-5-13)10-14-8-6-12(7-9-14)15(16)17/h2-8H,9-10H2,1H3. The first kappa shape index (κ1) is 12.2. The number of nitro groups is 1. The first-order valence-corrected chi connectivity index (χ1v) is 5.59. The second-order valence-electron chi connectivity index (χ2n) is 3.98. The molecule has 0 atom stereocenters. The highest BCUT2D eigenvalue weighted by atomic mass is 16.6. The van der Waals surface area contributed by atoms with Crippen LogP contribution in [0.5, 0.6) is 5.75 Å². The molecule has 0 amide bonds. The Labute approximate surface area is 105 Å². The minimum atomic E-state index is -0.374. The average Bonchev–Trinajstić information content (AvgIpc) is 2.40. The fourth-order valence-electron chi connectivity index (χ4n) is 1.74. The number of ether oxygens (including phenoxy) is 1. The van der Waals surface area contributed by atoms with Gasteiger partial charge in [0.2, 0.25) is 0 Å². The average molecular weight is 246 g/mol. The van der Waals surface area contributed by atoms with E-state index < -0.39 is 0 Å². The van der Waals surface area contributed by atoms with Gasteiger partial charge in [0.15, 0.2) is 0 Å². The lowest BCUT2D eigenvalue weighted by molar-refractivity contribution is -0.419. The predicted octanol–water partition coefficient (Wildman–Crippen LogP) is 2.19. The third-order valence-electron chi connectivity index (χ3n) is 2.75. The van der Waals surface area contributed by atoms with Gasteiger partial charge in [-0.25, -0.2) is 0 Å². The van der Waals surface area contributed by atoms with E-state index in [1.807, 2.05) is 29.2 Å². The zero-order chi connectivity index (χ0) is 13.0. The Morgan fingerprint density at radius 2 is 2.11 bits per heavy atom. The van der Waals surface area contributed by atoms with Crippen molar-refractivity contribution >= 4 is 0 Å². The Morgan fingerprint density at radius 1 is 1.39 bits per heavy atom. The molecule has 0 aromatic heterocycles. The highest BCUT2D eigenvalue weighted by molar-refractivity contribution is 5.27. The van der Waals surface area contributed by atoms with Crippen LogP contribution in [-0.2, 0) is 6.54 Å². The molecule has 1 heterocycles. The molecule has 0 unspecified atom stereocenters. The van der Waals surface area contributed by atoms with E-state index >= 15 is 0 Å². The van der Waals surface area contributed by atoms with Crippen LogP contribution in [0.1, 0.15) is 5.56 Å². The summed E-state index contributed by atoms with van der Waals surface area (Å²) in [5.41, 5.74) is 1.29. The summed E-state index contributed by atoms with van der Waals surface area (Å²) in [5, 5.41) is 10.5. The van der Waals surface area contributed by atoms with Gasteiger partial charge in [0.1, 0.15) is 5.75 Å². The fourth-order valence-corrected chi connectivity index (χ4v) is 1.74. The van der Waals surface area contributed by atoms with E-state index in [0.29, 0.717) is 6.54 Å². The Hall–Kier alpha value is -2.30. The number of methoxy groups -OCH3 is 1. The smallest absolute Gasteiger partial charge is 0.268 e. The van der Waals surface area contributed by atoms with Crippen molar-refractivity contribution in [3.05, 3.63) is 64.0 Å². The lowest BCUT2D eigenvalue weighted by atomic mass is 10.2. The number of hydrogen-bond donors (Lipinski definition) is 0. The molecular weight excluding hydrogens is 232 g/mol. The molecule has 18 heavy (non-hydrogen) atoms. The molecule has 0 N–H and O–H groups in total. The van der Waals surface area contributed by atoms with E-state index in [4.69, 9.17) is 4.74 Å². The Kier molecular flexibility index (Phi) is 3.62. The van der Waals surface area contributed by atoms with Crippen molar-refractivity contribution in [2.24, 2.45) is 0 Å². The van der Waals surface area contributed by atoms with Gasteiger partial charge in [-0.1, -0.05) is 12.1 Å². The van der Waals surface area contributed by atoms with Crippen LogP contribution in [0.4, 0.5) is 0 Å². The third-order valence-corrected chi connectivity index (χ3v) is 2.75. The molecule has 0 bridgehead atoms. The zero-order valence-electron chi connectivity index (χ0n) is 10.1. The van der Waals surface area contributed by atoms with Gasteiger partial charge >= 0.3 is 0 Å². The molecule has 1 aromatic carbocycles. The molecule has 94 valence electrons. The molecule has 1 aromatic rings. The molecule has 1 aliphatic heterocycles. The highest BCUT2D eigenvalue weighted by Gasteiger charge is 2.12. The van der Waals surface area contributed by atoms with Crippen LogP contribution in [0, 0.1) is 10.1 Å². The molecule has 0 saturated carbocycles. The summed E-state index contributed by atoms with van der Waals surface area (Å²) in [6.07, 6.45) is 4.89. The van der Waals surface area contributed by atoms with E-state index in [9.17, 15) is 10.1 Å². The van der Waals surface area contributed by atoms with Gasteiger partial charge in [-0.15, -0.1) is 0 Å². The summed E-state index contributed by atoms with van der Waals surface area (Å²) in [5.74, 6) is 0.823.